The van der Waals surface area contributed by atoms with Crippen molar-refractivity contribution < 1.29 is 39.5 Å². The second-order valence-electron chi connectivity index (χ2n) is 6.86. The maximum atomic E-state index is 9.00. The van der Waals surface area contributed by atoms with Gasteiger partial charge in [-0.05, 0) is 35.4 Å². The highest BCUT2D eigenvalue weighted by atomic mass is 16.5. The van der Waals surface area contributed by atoms with E-state index in [1.54, 1.807) is 0 Å². The Kier molecular flexibility index (Phi) is 13.3. The van der Waals surface area contributed by atoms with E-state index in [2.05, 4.69) is 13.8 Å². The lowest BCUT2D eigenvalue weighted by atomic mass is 9.78. The van der Waals surface area contributed by atoms with Crippen molar-refractivity contribution in [2.45, 2.75) is 33.1 Å². The molecular formula is C23H32O8. The van der Waals surface area contributed by atoms with Crippen molar-refractivity contribution in [2.75, 3.05) is 26.4 Å². The summed E-state index contributed by atoms with van der Waals surface area (Å²) >= 11 is 0. The molecule has 2 rings (SSSR count). The van der Waals surface area contributed by atoms with E-state index in [0.717, 1.165) is 25.3 Å². The van der Waals surface area contributed by atoms with E-state index in [-0.39, 0.29) is 18.6 Å². The Bertz CT molecular complexity index is 694. The number of carboxylic acids is 2. The van der Waals surface area contributed by atoms with Gasteiger partial charge in [0.15, 0.2) is 0 Å². The van der Waals surface area contributed by atoms with Crippen molar-refractivity contribution in [1.29, 1.82) is 0 Å². The van der Waals surface area contributed by atoms with Crippen molar-refractivity contribution in [1.82, 2.24) is 0 Å². The zero-order valence-electron chi connectivity index (χ0n) is 18.4. The molecule has 172 valence electrons. The number of aliphatic hydroxyl groups is 2. The average molecular weight is 437 g/mol. The molecule has 31 heavy (non-hydrogen) atoms. The fourth-order valence-electron chi connectivity index (χ4n) is 2.43. The van der Waals surface area contributed by atoms with Crippen LogP contribution in [0, 0.1) is 0 Å². The molecule has 0 spiro atoms. The first kappa shape index (κ1) is 27.9. The minimum atomic E-state index is -0.833. The molecule has 4 N–H and O–H groups in total. The summed E-state index contributed by atoms with van der Waals surface area (Å²) in [4.78, 5) is 18.0. The van der Waals surface area contributed by atoms with Gasteiger partial charge in [-0.25, -0.2) is 0 Å². The molecule has 0 aliphatic carbocycles. The Morgan fingerprint density at radius 2 is 0.968 bits per heavy atom. The van der Waals surface area contributed by atoms with Gasteiger partial charge in [-0.2, -0.15) is 0 Å². The van der Waals surface area contributed by atoms with Gasteiger partial charge in [-0.1, -0.05) is 38.1 Å². The molecule has 2 aromatic rings. The Balaban J connectivity index is 0.000000967. The Morgan fingerprint density at radius 1 is 0.710 bits per heavy atom. The normalized spacial score (nSPS) is 10.0. The summed E-state index contributed by atoms with van der Waals surface area (Å²) in [5.74, 6) is -0.155. The standard InChI is InChI=1S/C19H24O4.2C2H4O2/c1-19(2,15-3-7-17(8-4-15)22-13-11-20)16-5-9-18(10-6-16)23-14-12-21;2*1-2(3)4/h3-10,20-21H,11-14H2,1-2H3;2*1H3,(H,3,4). The molecule has 0 amide bonds. The number of rotatable bonds is 8. The molecule has 0 bridgehead atoms. The molecule has 0 saturated carbocycles. The van der Waals surface area contributed by atoms with E-state index in [4.69, 9.17) is 39.5 Å². The summed E-state index contributed by atoms with van der Waals surface area (Å²) in [6.07, 6.45) is 0. The summed E-state index contributed by atoms with van der Waals surface area (Å²) in [6.45, 7) is 7.13. The lowest BCUT2D eigenvalue weighted by Gasteiger charge is -2.26. The highest BCUT2D eigenvalue weighted by Gasteiger charge is 2.23. The van der Waals surface area contributed by atoms with Crippen LogP contribution in [-0.4, -0.2) is 58.8 Å². The monoisotopic (exact) mass is 436 g/mol. The van der Waals surface area contributed by atoms with Crippen LogP contribution in [0.2, 0.25) is 0 Å². The largest absolute Gasteiger partial charge is 0.491 e. The lowest BCUT2D eigenvalue weighted by Crippen LogP contribution is -2.18. The second kappa shape index (κ2) is 14.8. The van der Waals surface area contributed by atoms with Gasteiger partial charge in [-0.15, -0.1) is 0 Å². The van der Waals surface area contributed by atoms with Crippen molar-refractivity contribution in [2.24, 2.45) is 0 Å². The van der Waals surface area contributed by atoms with Crippen LogP contribution in [0.25, 0.3) is 0 Å². The van der Waals surface area contributed by atoms with Crippen LogP contribution < -0.4 is 9.47 Å². The fraction of sp³-hybridized carbons (Fsp3) is 0.391. The van der Waals surface area contributed by atoms with Crippen LogP contribution in [-0.2, 0) is 15.0 Å². The van der Waals surface area contributed by atoms with Crippen LogP contribution >= 0.6 is 0 Å². The smallest absolute Gasteiger partial charge is 0.300 e. The molecule has 0 aliphatic rings. The second-order valence-corrected chi connectivity index (χ2v) is 6.86. The topological polar surface area (TPSA) is 134 Å². The number of hydrogen-bond acceptors (Lipinski definition) is 6. The summed E-state index contributed by atoms with van der Waals surface area (Å²) in [6, 6.07) is 15.9. The molecule has 0 saturated heterocycles. The maximum absolute atomic E-state index is 9.00. The van der Waals surface area contributed by atoms with Crippen molar-refractivity contribution in [3.63, 3.8) is 0 Å². The third-order valence-electron chi connectivity index (χ3n) is 3.87. The van der Waals surface area contributed by atoms with E-state index in [1.807, 2.05) is 48.5 Å². The molecule has 0 unspecified atom stereocenters. The summed E-state index contributed by atoms with van der Waals surface area (Å²) in [5.41, 5.74) is 2.21. The number of aliphatic carboxylic acids is 2. The van der Waals surface area contributed by atoms with Crippen LogP contribution in [0.4, 0.5) is 0 Å². The first-order chi connectivity index (χ1) is 14.5. The van der Waals surface area contributed by atoms with Crippen molar-refractivity contribution in [3.8, 4) is 11.5 Å². The fourth-order valence-corrected chi connectivity index (χ4v) is 2.43. The Hall–Kier alpha value is -3.10. The predicted molar refractivity (Wildman–Crippen MR) is 117 cm³/mol. The van der Waals surface area contributed by atoms with Gasteiger partial charge in [-0.3, -0.25) is 9.59 Å². The predicted octanol–water partition coefficient (Wildman–Crippen LogP) is 2.94. The molecule has 8 nitrogen and oxygen atoms in total. The van der Waals surface area contributed by atoms with Gasteiger partial charge < -0.3 is 29.9 Å². The first-order valence-corrected chi connectivity index (χ1v) is 9.62. The quantitative estimate of drug-likeness (QED) is 0.496. The van der Waals surface area contributed by atoms with Gasteiger partial charge in [0.05, 0.1) is 13.2 Å². The minimum absolute atomic E-state index is 0.0119. The number of benzene rings is 2. The molecule has 0 aromatic heterocycles. The molecule has 2 aromatic carbocycles. The number of ether oxygens (including phenoxy) is 2. The van der Waals surface area contributed by atoms with Gasteiger partial charge in [0.25, 0.3) is 11.9 Å². The van der Waals surface area contributed by atoms with E-state index < -0.39 is 11.9 Å². The third-order valence-corrected chi connectivity index (χ3v) is 3.87. The summed E-state index contributed by atoms with van der Waals surface area (Å²) in [7, 11) is 0. The number of carboxylic acid groups (broad SMARTS) is 2. The van der Waals surface area contributed by atoms with E-state index in [9.17, 15) is 0 Å². The summed E-state index contributed by atoms with van der Waals surface area (Å²) in [5, 5.41) is 32.4. The number of hydrogen-bond donors (Lipinski definition) is 4. The average Bonchev–Trinajstić information content (AvgIpc) is 2.70. The van der Waals surface area contributed by atoms with E-state index in [1.165, 1.54) is 11.1 Å². The highest BCUT2D eigenvalue weighted by Crippen LogP contribution is 2.33. The number of aliphatic hydroxyl groups excluding tert-OH is 2. The van der Waals surface area contributed by atoms with E-state index in [0.29, 0.717) is 13.2 Å². The van der Waals surface area contributed by atoms with Gasteiger partial charge in [0.1, 0.15) is 24.7 Å². The van der Waals surface area contributed by atoms with Crippen LogP contribution in [0.5, 0.6) is 11.5 Å². The van der Waals surface area contributed by atoms with Gasteiger partial charge >= 0.3 is 0 Å². The molecule has 0 radical (unpaired) electrons. The zero-order chi connectivity index (χ0) is 23.9. The first-order valence-electron chi connectivity index (χ1n) is 9.62. The maximum Gasteiger partial charge on any atom is 0.300 e. The molecule has 0 fully saturated rings. The SMILES string of the molecule is CC(=O)O.CC(=O)O.CC(C)(c1ccc(OCCO)cc1)c1ccc(OCCO)cc1. The molecule has 8 heteroatoms. The van der Waals surface area contributed by atoms with Crippen LogP contribution in [0.15, 0.2) is 48.5 Å². The highest BCUT2D eigenvalue weighted by molar-refractivity contribution is 5.63. The van der Waals surface area contributed by atoms with Crippen molar-refractivity contribution in [3.05, 3.63) is 59.7 Å². The van der Waals surface area contributed by atoms with Crippen molar-refractivity contribution >= 4 is 11.9 Å². The Morgan fingerprint density at radius 3 is 1.19 bits per heavy atom. The van der Waals surface area contributed by atoms with Crippen LogP contribution in [0.3, 0.4) is 0 Å². The molecule has 0 atom stereocenters. The number of carbonyl (C=O) groups is 2. The van der Waals surface area contributed by atoms with Gasteiger partial charge in [0.2, 0.25) is 0 Å². The lowest BCUT2D eigenvalue weighted by molar-refractivity contribution is -0.135. The third kappa shape index (κ3) is 12.2. The molecule has 0 heterocycles. The van der Waals surface area contributed by atoms with Gasteiger partial charge in [0, 0.05) is 19.3 Å². The minimum Gasteiger partial charge on any atom is -0.491 e. The Labute approximate surface area is 182 Å². The summed E-state index contributed by atoms with van der Waals surface area (Å²) < 4.78 is 10.8. The van der Waals surface area contributed by atoms with Crippen LogP contribution in [0.1, 0.15) is 38.8 Å². The van der Waals surface area contributed by atoms with E-state index >= 15 is 0 Å². The molecular weight excluding hydrogens is 404 g/mol. The zero-order valence-corrected chi connectivity index (χ0v) is 18.4. The molecule has 0 aliphatic heterocycles.